The summed E-state index contributed by atoms with van der Waals surface area (Å²) in [5.74, 6) is 0. The van der Waals surface area contributed by atoms with E-state index in [4.69, 9.17) is 16.6 Å². The van der Waals surface area contributed by atoms with E-state index in [1.807, 2.05) is 19.2 Å². The predicted octanol–water partition coefficient (Wildman–Crippen LogP) is 4.51. The van der Waals surface area contributed by atoms with Crippen LogP contribution < -0.4 is 5.32 Å². The Kier molecular flexibility index (Phi) is 3.36. The SMILES string of the molecule is CNc1c2c(nc3c(C)cc(Cl)cc13)CCCCC2. The number of hydrogen-bond acceptors (Lipinski definition) is 2. The molecule has 3 rings (SSSR count). The third-order valence-corrected chi connectivity index (χ3v) is 4.24. The first kappa shape index (κ1) is 12.7. The molecule has 0 radical (unpaired) electrons. The molecule has 0 atom stereocenters. The Hall–Kier alpha value is -1.28. The van der Waals surface area contributed by atoms with Crippen molar-refractivity contribution in [2.45, 2.75) is 39.0 Å². The highest BCUT2D eigenvalue weighted by atomic mass is 35.5. The summed E-state index contributed by atoms with van der Waals surface area (Å²) in [6, 6.07) is 4.04. The fraction of sp³-hybridized carbons (Fsp3) is 0.438. The van der Waals surface area contributed by atoms with Gasteiger partial charge >= 0.3 is 0 Å². The second-order valence-corrected chi connectivity index (χ2v) is 5.78. The maximum atomic E-state index is 6.21. The summed E-state index contributed by atoms with van der Waals surface area (Å²) < 4.78 is 0. The van der Waals surface area contributed by atoms with Gasteiger partial charge in [0.15, 0.2) is 0 Å². The minimum Gasteiger partial charge on any atom is -0.387 e. The summed E-state index contributed by atoms with van der Waals surface area (Å²) in [6.45, 7) is 2.09. The zero-order chi connectivity index (χ0) is 13.4. The van der Waals surface area contributed by atoms with Crippen LogP contribution in [0.5, 0.6) is 0 Å². The molecule has 1 aromatic carbocycles. The van der Waals surface area contributed by atoms with E-state index in [9.17, 15) is 0 Å². The molecule has 0 fully saturated rings. The molecule has 1 N–H and O–H groups in total. The highest BCUT2D eigenvalue weighted by molar-refractivity contribution is 6.31. The number of benzene rings is 1. The van der Waals surface area contributed by atoms with Crippen LogP contribution in [0.4, 0.5) is 5.69 Å². The van der Waals surface area contributed by atoms with Gasteiger partial charge in [0.05, 0.1) is 5.52 Å². The summed E-state index contributed by atoms with van der Waals surface area (Å²) in [5, 5.41) is 5.33. The molecule has 0 bridgehead atoms. The van der Waals surface area contributed by atoms with E-state index in [0.717, 1.165) is 34.3 Å². The Morgan fingerprint density at radius 2 is 1.95 bits per heavy atom. The molecule has 0 saturated heterocycles. The molecule has 2 nitrogen and oxygen atoms in total. The number of anilines is 1. The van der Waals surface area contributed by atoms with E-state index in [2.05, 4.69) is 12.2 Å². The maximum Gasteiger partial charge on any atom is 0.0756 e. The molecule has 1 heterocycles. The molecule has 0 unspecified atom stereocenters. The second-order valence-electron chi connectivity index (χ2n) is 5.34. The van der Waals surface area contributed by atoms with Gasteiger partial charge in [-0.05, 0) is 55.9 Å². The van der Waals surface area contributed by atoms with Gasteiger partial charge in [-0.15, -0.1) is 0 Å². The van der Waals surface area contributed by atoms with E-state index < -0.39 is 0 Å². The molecular weight excluding hydrogens is 256 g/mol. The van der Waals surface area contributed by atoms with E-state index in [1.54, 1.807) is 0 Å². The van der Waals surface area contributed by atoms with Crippen molar-refractivity contribution in [3.05, 3.63) is 34.0 Å². The minimum absolute atomic E-state index is 0.789. The number of fused-ring (bicyclic) bond motifs is 2. The molecular formula is C16H19ClN2. The van der Waals surface area contributed by atoms with Gasteiger partial charge in [-0.1, -0.05) is 18.0 Å². The summed E-state index contributed by atoms with van der Waals surface area (Å²) in [4.78, 5) is 4.93. The quantitative estimate of drug-likeness (QED) is 0.774. The van der Waals surface area contributed by atoms with Crippen LogP contribution in [-0.4, -0.2) is 12.0 Å². The van der Waals surface area contributed by atoms with Gasteiger partial charge in [0.1, 0.15) is 0 Å². The monoisotopic (exact) mass is 274 g/mol. The maximum absolute atomic E-state index is 6.21. The van der Waals surface area contributed by atoms with Crippen molar-refractivity contribution in [1.29, 1.82) is 0 Å². The lowest BCUT2D eigenvalue weighted by Crippen LogP contribution is -2.04. The van der Waals surface area contributed by atoms with Crippen molar-refractivity contribution in [2.24, 2.45) is 0 Å². The van der Waals surface area contributed by atoms with Crippen LogP contribution >= 0.6 is 11.6 Å². The van der Waals surface area contributed by atoms with Crippen LogP contribution in [0, 0.1) is 6.92 Å². The lowest BCUT2D eigenvalue weighted by molar-refractivity contribution is 0.709. The topological polar surface area (TPSA) is 24.9 Å². The van der Waals surface area contributed by atoms with Gasteiger partial charge in [-0.25, -0.2) is 0 Å². The number of nitrogens with one attached hydrogen (secondary N) is 1. The Morgan fingerprint density at radius 1 is 1.16 bits per heavy atom. The lowest BCUT2D eigenvalue weighted by Gasteiger charge is -2.16. The Labute approximate surface area is 119 Å². The summed E-state index contributed by atoms with van der Waals surface area (Å²) in [5.41, 5.74) is 6.15. The summed E-state index contributed by atoms with van der Waals surface area (Å²) >= 11 is 6.21. The first-order chi connectivity index (χ1) is 9.20. The van der Waals surface area contributed by atoms with Gasteiger partial charge in [-0.3, -0.25) is 4.98 Å². The standard InChI is InChI=1S/C16H19ClN2/c1-10-8-11(17)9-13-15(10)19-14-7-5-3-4-6-12(14)16(13)18-2/h8-9H,3-7H2,1-2H3,(H,18,19). The van der Waals surface area contributed by atoms with Gasteiger partial charge in [-0.2, -0.15) is 0 Å². The number of aryl methyl sites for hydroxylation is 2. The Morgan fingerprint density at radius 3 is 2.74 bits per heavy atom. The summed E-state index contributed by atoms with van der Waals surface area (Å²) in [6.07, 6.45) is 6.04. The van der Waals surface area contributed by atoms with Crippen molar-refractivity contribution in [3.8, 4) is 0 Å². The molecule has 1 aliphatic rings. The Bertz CT molecular complexity index is 634. The number of rotatable bonds is 1. The summed E-state index contributed by atoms with van der Waals surface area (Å²) in [7, 11) is 2.00. The molecule has 3 heteroatoms. The first-order valence-electron chi connectivity index (χ1n) is 7.00. The van der Waals surface area contributed by atoms with Crippen LogP contribution in [0.15, 0.2) is 12.1 Å². The molecule has 100 valence electrons. The van der Waals surface area contributed by atoms with Crippen molar-refractivity contribution < 1.29 is 0 Å². The smallest absolute Gasteiger partial charge is 0.0756 e. The molecule has 19 heavy (non-hydrogen) atoms. The van der Waals surface area contributed by atoms with Gasteiger partial charge < -0.3 is 5.32 Å². The van der Waals surface area contributed by atoms with Crippen molar-refractivity contribution in [1.82, 2.24) is 4.98 Å². The first-order valence-corrected chi connectivity index (χ1v) is 7.38. The fourth-order valence-electron chi connectivity index (χ4n) is 3.12. The third kappa shape index (κ3) is 2.18. The second kappa shape index (κ2) is 5.01. The normalized spacial score (nSPS) is 15.1. The number of hydrogen-bond donors (Lipinski definition) is 1. The lowest BCUT2D eigenvalue weighted by atomic mass is 10.0. The molecule has 0 spiro atoms. The molecule has 0 amide bonds. The van der Waals surface area contributed by atoms with E-state index in [-0.39, 0.29) is 0 Å². The van der Waals surface area contributed by atoms with E-state index >= 15 is 0 Å². The molecule has 2 aromatic rings. The van der Waals surface area contributed by atoms with E-state index in [0.29, 0.717) is 0 Å². The predicted molar refractivity (Wildman–Crippen MR) is 82.3 cm³/mol. The number of nitrogens with zero attached hydrogens (tertiary/aromatic N) is 1. The van der Waals surface area contributed by atoms with Crippen molar-refractivity contribution in [2.75, 3.05) is 12.4 Å². The van der Waals surface area contributed by atoms with Crippen LogP contribution in [0.1, 0.15) is 36.1 Å². The fourth-order valence-corrected chi connectivity index (χ4v) is 3.39. The highest BCUT2D eigenvalue weighted by Crippen LogP contribution is 2.35. The van der Waals surface area contributed by atoms with Crippen LogP contribution in [0.25, 0.3) is 10.9 Å². The number of aromatic nitrogens is 1. The number of pyridine rings is 1. The average molecular weight is 275 g/mol. The van der Waals surface area contributed by atoms with Crippen molar-refractivity contribution >= 4 is 28.2 Å². The Balaban J connectivity index is 2.36. The molecule has 0 saturated carbocycles. The zero-order valence-electron chi connectivity index (χ0n) is 11.5. The van der Waals surface area contributed by atoms with Crippen molar-refractivity contribution in [3.63, 3.8) is 0 Å². The van der Waals surface area contributed by atoms with Crippen LogP contribution in [0.3, 0.4) is 0 Å². The van der Waals surface area contributed by atoms with Gasteiger partial charge in [0, 0.05) is 28.8 Å². The third-order valence-electron chi connectivity index (χ3n) is 4.02. The molecule has 1 aliphatic carbocycles. The largest absolute Gasteiger partial charge is 0.387 e. The zero-order valence-corrected chi connectivity index (χ0v) is 12.3. The average Bonchev–Trinajstić information content (AvgIpc) is 2.61. The molecule has 1 aromatic heterocycles. The molecule has 0 aliphatic heterocycles. The van der Waals surface area contributed by atoms with Crippen LogP contribution in [0.2, 0.25) is 5.02 Å². The number of halogens is 1. The highest BCUT2D eigenvalue weighted by Gasteiger charge is 2.17. The van der Waals surface area contributed by atoms with E-state index in [1.165, 1.54) is 36.2 Å². The van der Waals surface area contributed by atoms with Crippen LogP contribution in [-0.2, 0) is 12.8 Å². The van der Waals surface area contributed by atoms with Gasteiger partial charge in [0.25, 0.3) is 0 Å². The minimum atomic E-state index is 0.789. The van der Waals surface area contributed by atoms with Gasteiger partial charge in [0.2, 0.25) is 0 Å².